The maximum absolute atomic E-state index is 13.8. The summed E-state index contributed by atoms with van der Waals surface area (Å²) in [5.41, 5.74) is 7.64. The van der Waals surface area contributed by atoms with Crippen LogP contribution in [0.4, 0.5) is 10.3 Å². The fourth-order valence-corrected chi connectivity index (χ4v) is 3.77. The Hall–Kier alpha value is -0.850. The van der Waals surface area contributed by atoms with E-state index in [0.29, 0.717) is 15.4 Å². The van der Waals surface area contributed by atoms with Gasteiger partial charge in [-0.2, -0.15) is 0 Å². The van der Waals surface area contributed by atoms with Crippen LogP contribution in [0.1, 0.15) is 32.6 Å². The quantitative estimate of drug-likeness (QED) is 0.786. The van der Waals surface area contributed by atoms with Crippen LogP contribution in [0.2, 0.25) is 0 Å². The summed E-state index contributed by atoms with van der Waals surface area (Å²) in [6.45, 7) is 3.16. The first-order chi connectivity index (χ1) is 9.54. The molecule has 1 aromatic heterocycles. The second-order valence-electron chi connectivity index (χ2n) is 5.97. The average molecular weight is 387 g/mol. The van der Waals surface area contributed by atoms with Gasteiger partial charge in [0.2, 0.25) is 5.95 Å². The molecular formula is C15H19FIN3. The van der Waals surface area contributed by atoms with E-state index in [1.165, 1.54) is 25.7 Å². The highest BCUT2D eigenvalue weighted by Gasteiger charge is 2.21. The van der Waals surface area contributed by atoms with Gasteiger partial charge in [0, 0.05) is 12.6 Å². The number of imidazole rings is 1. The molecule has 0 saturated heterocycles. The number of anilines is 1. The number of nitrogen functional groups attached to an aromatic ring is 1. The molecule has 0 aliphatic heterocycles. The van der Waals surface area contributed by atoms with E-state index >= 15 is 0 Å². The molecule has 0 spiro atoms. The smallest absolute Gasteiger partial charge is 0.201 e. The molecule has 108 valence electrons. The van der Waals surface area contributed by atoms with Crippen LogP contribution in [0, 0.1) is 21.2 Å². The van der Waals surface area contributed by atoms with Crippen LogP contribution in [0.3, 0.4) is 0 Å². The highest BCUT2D eigenvalue weighted by molar-refractivity contribution is 14.1. The van der Waals surface area contributed by atoms with E-state index in [2.05, 4.69) is 11.9 Å². The van der Waals surface area contributed by atoms with Crippen molar-refractivity contribution < 1.29 is 4.39 Å². The molecule has 2 N–H and O–H groups in total. The molecule has 1 saturated carbocycles. The lowest BCUT2D eigenvalue weighted by molar-refractivity contribution is 0.259. The lowest BCUT2D eigenvalue weighted by Gasteiger charge is -2.27. The summed E-state index contributed by atoms with van der Waals surface area (Å²) >= 11 is 1.99. The lowest BCUT2D eigenvalue weighted by Crippen LogP contribution is -2.19. The molecule has 0 amide bonds. The number of aromatic nitrogens is 2. The molecule has 2 aromatic rings. The van der Waals surface area contributed by atoms with Crippen molar-refractivity contribution in [1.82, 2.24) is 9.55 Å². The first-order valence-corrected chi connectivity index (χ1v) is 8.23. The molecule has 0 bridgehead atoms. The molecule has 1 heterocycles. The van der Waals surface area contributed by atoms with Crippen LogP contribution in [0.25, 0.3) is 11.0 Å². The second-order valence-corrected chi connectivity index (χ2v) is 7.14. The SMILES string of the molecule is CC1CCCC(Cn2c(N)nc3cc(I)c(F)cc32)C1. The molecule has 2 unspecified atom stereocenters. The third-order valence-electron chi connectivity index (χ3n) is 4.31. The minimum Gasteiger partial charge on any atom is -0.369 e. The predicted octanol–water partition coefficient (Wildman–Crippen LogP) is 4.19. The number of fused-ring (bicyclic) bond motifs is 1. The maximum atomic E-state index is 13.8. The maximum Gasteiger partial charge on any atom is 0.201 e. The molecule has 1 aromatic carbocycles. The predicted molar refractivity (Wildman–Crippen MR) is 87.9 cm³/mol. The average Bonchev–Trinajstić information content (AvgIpc) is 2.67. The zero-order chi connectivity index (χ0) is 14.3. The topological polar surface area (TPSA) is 43.8 Å². The fraction of sp³-hybridized carbons (Fsp3) is 0.533. The highest BCUT2D eigenvalue weighted by Crippen LogP contribution is 2.32. The Balaban J connectivity index is 1.94. The van der Waals surface area contributed by atoms with E-state index in [-0.39, 0.29) is 5.82 Å². The Morgan fingerprint density at radius 2 is 2.25 bits per heavy atom. The van der Waals surface area contributed by atoms with Crippen LogP contribution in [-0.4, -0.2) is 9.55 Å². The molecule has 20 heavy (non-hydrogen) atoms. The van der Waals surface area contributed by atoms with Gasteiger partial charge in [0.05, 0.1) is 14.6 Å². The van der Waals surface area contributed by atoms with E-state index < -0.39 is 0 Å². The minimum absolute atomic E-state index is 0.198. The van der Waals surface area contributed by atoms with Gasteiger partial charge in [0.1, 0.15) is 5.82 Å². The van der Waals surface area contributed by atoms with Crippen molar-refractivity contribution in [2.75, 3.05) is 5.73 Å². The van der Waals surface area contributed by atoms with Gasteiger partial charge in [0.25, 0.3) is 0 Å². The van der Waals surface area contributed by atoms with Crippen LogP contribution in [0.15, 0.2) is 12.1 Å². The molecule has 5 heteroatoms. The lowest BCUT2D eigenvalue weighted by atomic mass is 9.82. The third-order valence-corrected chi connectivity index (χ3v) is 5.13. The second kappa shape index (κ2) is 5.50. The van der Waals surface area contributed by atoms with Crippen molar-refractivity contribution in [3.8, 4) is 0 Å². The van der Waals surface area contributed by atoms with E-state index in [1.807, 2.05) is 27.2 Å². The van der Waals surface area contributed by atoms with Crippen LogP contribution < -0.4 is 5.73 Å². The Morgan fingerprint density at radius 1 is 1.45 bits per heavy atom. The summed E-state index contributed by atoms with van der Waals surface area (Å²) in [6.07, 6.45) is 5.07. The van der Waals surface area contributed by atoms with Crippen LogP contribution >= 0.6 is 22.6 Å². The van der Waals surface area contributed by atoms with Gasteiger partial charge in [-0.15, -0.1) is 0 Å². The Morgan fingerprint density at radius 3 is 3.00 bits per heavy atom. The van der Waals surface area contributed by atoms with Gasteiger partial charge >= 0.3 is 0 Å². The first kappa shape index (κ1) is 14.1. The van der Waals surface area contributed by atoms with Crippen molar-refractivity contribution in [2.45, 2.75) is 39.2 Å². The summed E-state index contributed by atoms with van der Waals surface area (Å²) in [5.74, 6) is 1.71. The van der Waals surface area contributed by atoms with Crippen molar-refractivity contribution in [3.05, 3.63) is 21.5 Å². The molecule has 1 aliphatic carbocycles. The van der Waals surface area contributed by atoms with Gasteiger partial charge in [-0.25, -0.2) is 9.37 Å². The summed E-state index contributed by atoms with van der Waals surface area (Å²) in [7, 11) is 0. The number of benzene rings is 1. The van der Waals surface area contributed by atoms with Crippen molar-refractivity contribution in [2.24, 2.45) is 11.8 Å². The largest absolute Gasteiger partial charge is 0.369 e. The van der Waals surface area contributed by atoms with Gasteiger partial charge in [0.15, 0.2) is 0 Å². The van der Waals surface area contributed by atoms with Gasteiger partial charge in [-0.1, -0.05) is 19.8 Å². The number of nitrogens with zero attached hydrogens (tertiary/aromatic N) is 2. The highest BCUT2D eigenvalue weighted by atomic mass is 127. The molecular weight excluding hydrogens is 368 g/mol. The zero-order valence-electron chi connectivity index (χ0n) is 11.6. The number of nitrogens with two attached hydrogens (primary N) is 1. The zero-order valence-corrected chi connectivity index (χ0v) is 13.7. The van der Waals surface area contributed by atoms with E-state index in [1.54, 1.807) is 12.1 Å². The fourth-order valence-electron chi connectivity index (χ4n) is 3.31. The van der Waals surface area contributed by atoms with Crippen LogP contribution in [0.5, 0.6) is 0 Å². The van der Waals surface area contributed by atoms with E-state index in [9.17, 15) is 4.39 Å². The normalized spacial score (nSPS) is 23.4. The summed E-state index contributed by atoms with van der Waals surface area (Å²) in [6, 6.07) is 3.33. The van der Waals surface area contributed by atoms with E-state index in [0.717, 1.165) is 23.5 Å². The number of hydrogen-bond donors (Lipinski definition) is 1. The Labute approximate surface area is 131 Å². The van der Waals surface area contributed by atoms with Gasteiger partial charge in [-0.3, -0.25) is 0 Å². The van der Waals surface area contributed by atoms with Crippen molar-refractivity contribution in [1.29, 1.82) is 0 Å². The van der Waals surface area contributed by atoms with Crippen molar-refractivity contribution in [3.63, 3.8) is 0 Å². The summed E-state index contributed by atoms with van der Waals surface area (Å²) in [5, 5.41) is 0. The molecule has 1 fully saturated rings. The van der Waals surface area contributed by atoms with Crippen LogP contribution in [-0.2, 0) is 6.54 Å². The number of hydrogen-bond acceptors (Lipinski definition) is 2. The van der Waals surface area contributed by atoms with Gasteiger partial charge < -0.3 is 10.3 Å². The monoisotopic (exact) mass is 387 g/mol. The number of halogens is 2. The van der Waals surface area contributed by atoms with Gasteiger partial charge in [-0.05, 0) is 53.3 Å². The number of rotatable bonds is 2. The minimum atomic E-state index is -0.198. The molecule has 0 radical (unpaired) electrons. The van der Waals surface area contributed by atoms with E-state index in [4.69, 9.17) is 5.73 Å². The third kappa shape index (κ3) is 2.64. The van der Waals surface area contributed by atoms with Crippen molar-refractivity contribution >= 4 is 39.6 Å². The Bertz CT molecular complexity index is 638. The molecule has 3 rings (SSSR count). The standard InChI is InChI=1S/C15H19FIN3/c1-9-3-2-4-10(5-9)8-20-14-6-11(16)12(17)7-13(14)19-15(20)18/h6-7,9-10H,2-5,8H2,1H3,(H2,18,19). The molecule has 2 atom stereocenters. The Kier molecular flexibility index (Phi) is 3.88. The summed E-state index contributed by atoms with van der Waals surface area (Å²) in [4.78, 5) is 4.37. The first-order valence-electron chi connectivity index (χ1n) is 7.15. The summed E-state index contributed by atoms with van der Waals surface area (Å²) < 4.78 is 16.4. The molecule has 1 aliphatic rings. The molecule has 3 nitrogen and oxygen atoms in total.